The molecule has 4 nitrogen and oxygen atoms in total. The van der Waals surface area contributed by atoms with E-state index < -0.39 is 35.9 Å². The van der Waals surface area contributed by atoms with Crippen LogP contribution in [0, 0.1) is 11.6 Å². The van der Waals surface area contributed by atoms with Gasteiger partial charge in [0, 0.05) is 12.0 Å². The first-order valence-electron chi connectivity index (χ1n) is 9.85. The molecular formula is C25H20F2N2O2. The molecule has 0 heterocycles. The molecule has 0 radical (unpaired) electrons. The number of rotatable bonds is 6. The molecule has 0 bridgehead atoms. The number of benzene rings is 4. The van der Waals surface area contributed by atoms with E-state index in [4.69, 9.17) is 5.73 Å². The summed E-state index contributed by atoms with van der Waals surface area (Å²) in [5.74, 6) is -3.03. The molecule has 0 aliphatic heterocycles. The lowest BCUT2D eigenvalue weighted by atomic mass is 9.92. The standard InChI is InChI=1S/C25H20F2N2O2/c26-21-10-5-11-22(27)20(21)14-24(30)29-23(25(28)31)13-19-17-8-3-1-6-15(17)12-16-7-2-4-9-18(16)19/h1-12,23H,13-14H2,(H2,28,31)(H,29,30)/t23-/m0/s1. The first-order valence-corrected chi connectivity index (χ1v) is 9.85. The van der Waals surface area contributed by atoms with Crippen LogP contribution in [0.15, 0.2) is 72.8 Å². The van der Waals surface area contributed by atoms with Crippen LogP contribution < -0.4 is 11.1 Å². The number of amides is 2. The topological polar surface area (TPSA) is 72.2 Å². The number of nitrogens with two attached hydrogens (primary N) is 1. The average molecular weight is 418 g/mol. The molecule has 0 saturated heterocycles. The molecule has 0 fully saturated rings. The van der Waals surface area contributed by atoms with E-state index in [2.05, 4.69) is 11.4 Å². The minimum absolute atomic E-state index is 0.155. The minimum atomic E-state index is -1.03. The van der Waals surface area contributed by atoms with Crippen molar-refractivity contribution in [3.8, 4) is 0 Å². The lowest BCUT2D eigenvalue weighted by Crippen LogP contribution is -2.46. The van der Waals surface area contributed by atoms with E-state index in [1.165, 1.54) is 6.07 Å². The summed E-state index contributed by atoms with van der Waals surface area (Å²) in [7, 11) is 0. The highest BCUT2D eigenvalue weighted by atomic mass is 19.1. The number of halogens is 2. The zero-order chi connectivity index (χ0) is 22.0. The molecule has 0 aromatic heterocycles. The molecule has 0 unspecified atom stereocenters. The second-order valence-electron chi connectivity index (χ2n) is 7.40. The summed E-state index contributed by atoms with van der Waals surface area (Å²) in [6.07, 6.45) is -0.374. The van der Waals surface area contributed by atoms with E-state index in [-0.39, 0.29) is 12.0 Å². The van der Waals surface area contributed by atoms with Crippen molar-refractivity contribution >= 4 is 33.4 Å². The van der Waals surface area contributed by atoms with Crippen molar-refractivity contribution in [3.63, 3.8) is 0 Å². The molecule has 31 heavy (non-hydrogen) atoms. The van der Waals surface area contributed by atoms with Gasteiger partial charge in [0.2, 0.25) is 11.8 Å². The van der Waals surface area contributed by atoms with Crippen molar-refractivity contribution in [1.82, 2.24) is 5.32 Å². The van der Waals surface area contributed by atoms with Crippen molar-refractivity contribution in [2.45, 2.75) is 18.9 Å². The summed E-state index contributed by atoms with van der Waals surface area (Å²) in [6, 6.07) is 19.9. The third-order valence-electron chi connectivity index (χ3n) is 5.37. The van der Waals surface area contributed by atoms with E-state index in [1.54, 1.807) is 0 Å². The molecule has 156 valence electrons. The number of carbonyl (C=O) groups excluding carboxylic acids is 2. The third kappa shape index (κ3) is 4.23. The Kier molecular flexibility index (Phi) is 5.62. The van der Waals surface area contributed by atoms with Crippen LogP contribution in [-0.4, -0.2) is 17.9 Å². The van der Waals surface area contributed by atoms with Crippen LogP contribution in [0.1, 0.15) is 11.1 Å². The molecule has 3 N–H and O–H groups in total. The van der Waals surface area contributed by atoms with Gasteiger partial charge in [-0.2, -0.15) is 0 Å². The van der Waals surface area contributed by atoms with E-state index in [1.807, 2.05) is 48.5 Å². The summed E-state index contributed by atoms with van der Waals surface area (Å²) >= 11 is 0. The molecule has 4 rings (SSSR count). The van der Waals surface area contributed by atoms with E-state index >= 15 is 0 Å². The Morgan fingerprint density at radius 3 is 1.90 bits per heavy atom. The maximum atomic E-state index is 13.9. The molecule has 0 aliphatic carbocycles. The van der Waals surface area contributed by atoms with Gasteiger partial charge < -0.3 is 11.1 Å². The Hall–Kier alpha value is -3.80. The second kappa shape index (κ2) is 8.52. The quantitative estimate of drug-likeness (QED) is 0.464. The minimum Gasteiger partial charge on any atom is -0.368 e. The van der Waals surface area contributed by atoms with Crippen LogP contribution in [0.5, 0.6) is 0 Å². The SMILES string of the molecule is NC(=O)[C@H](Cc1c2ccccc2cc2ccccc12)NC(=O)Cc1c(F)cccc1F. The number of nitrogens with one attached hydrogen (secondary N) is 1. The summed E-state index contributed by atoms with van der Waals surface area (Å²) < 4.78 is 27.8. The fourth-order valence-electron chi connectivity index (χ4n) is 3.86. The number of hydrogen-bond donors (Lipinski definition) is 2. The third-order valence-corrected chi connectivity index (χ3v) is 5.37. The van der Waals surface area contributed by atoms with Gasteiger partial charge in [0.1, 0.15) is 17.7 Å². The number of fused-ring (bicyclic) bond motifs is 2. The van der Waals surface area contributed by atoms with Crippen LogP contribution in [0.2, 0.25) is 0 Å². The van der Waals surface area contributed by atoms with Crippen LogP contribution in [0.3, 0.4) is 0 Å². The van der Waals surface area contributed by atoms with Crippen molar-refractivity contribution in [2.24, 2.45) is 5.73 Å². The van der Waals surface area contributed by atoms with E-state index in [0.29, 0.717) is 0 Å². The van der Waals surface area contributed by atoms with Crippen molar-refractivity contribution < 1.29 is 18.4 Å². The lowest BCUT2D eigenvalue weighted by molar-refractivity contribution is -0.127. The first kappa shape index (κ1) is 20.5. The van der Waals surface area contributed by atoms with Gasteiger partial charge in [-0.1, -0.05) is 54.6 Å². The molecule has 4 aromatic rings. The summed E-state index contributed by atoms with van der Waals surface area (Å²) in [5.41, 5.74) is 6.09. The van der Waals surface area contributed by atoms with Gasteiger partial charge in [0.25, 0.3) is 0 Å². The van der Waals surface area contributed by atoms with Gasteiger partial charge >= 0.3 is 0 Å². The van der Waals surface area contributed by atoms with Gasteiger partial charge in [-0.25, -0.2) is 8.78 Å². The van der Waals surface area contributed by atoms with Crippen molar-refractivity contribution in [1.29, 1.82) is 0 Å². The lowest BCUT2D eigenvalue weighted by Gasteiger charge is -2.19. The Bertz CT molecular complexity index is 1230. The fraction of sp³-hybridized carbons (Fsp3) is 0.120. The van der Waals surface area contributed by atoms with E-state index in [9.17, 15) is 18.4 Å². The molecule has 0 spiro atoms. The maximum absolute atomic E-state index is 13.9. The predicted molar refractivity (Wildman–Crippen MR) is 116 cm³/mol. The largest absolute Gasteiger partial charge is 0.368 e. The molecule has 2 amide bonds. The Balaban J connectivity index is 1.66. The predicted octanol–water partition coefficient (Wildman–Crippen LogP) is 4.03. The highest BCUT2D eigenvalue weighted by Gasteiger charge is 2.22. The fourth-order valence-corrected chi connectivity index (χ4v) is 3.86. The van der Waals surface area contributed by atoms with Crippen molar-refractivity contribution in [2.75, 3.05) is 0 Å². The summed E-state index contributed by atoms with van der Waals surface area (Å²) in [6.45, 7) is 0. The molecular weight excluding hydrogens is 398 g/mol. The smallest absolute Gasteiger partial charge is 0.240 e. The summed E-state index contributed by atoms with van der Waals surface area (Å²) in [5, 5.41) is 6.44. The summed E-state index contributed by atoms with van der Waals surface area (Å²) in [4.78, 5) is 24.7. The average Bonchev–Trinajstić information content (AvgIpc) is 2.75. The first-order chi connectivity index (χ1) is 14.9. The zero-order valence-corrected chi connectivity index (χ0v) is 16.6. The number of primary amides is 1. The van der Waals surface area contributed by atoms with Crippen LogP contribution in [0.4, 0.5) is 8.78 Å². The molecule has 0 aliphatic rings. The van der Waals surface area contributed by atoms with Gasteiger partial charge in [0.15, 0.2) is 0 Å². The van der Waals surface area contributed by atoms with Gasteiger partial charge in [-0.3, -0.25) is 9.59 Å². The number of hydrogen-bond acceptors (Lipinski definition) is 2. The molecule has 6 heteroatoms. The normalized spacial score (nSPS) is 12.1. The van der Waals surface area contributed by atoms with Gasteiger partial charge in [-0.15, -0.1) is 0 Å². The van der Waals surface area contributed by atoms with Crippen LogP contribution >= 0.6 is 0 Å². The monoisotopic (exact) mass is 418 g/mol. The zero-order valence-electron chi connectivity index (χ0n) is 16.6. The highest BCUT2D eigenvalue weighted by Crippen LogP contribution is 2.29. The molecule has 4 aromatic carbocycles. The Labute approximate surface area is 177 Å². The van der Waals surface area contributed by atoms with Crippen LogP contribution in [-0.2, 0) is 22.4 Å². The Morgan fingerprint density at radius 1 is 0.806 bits per heavy atom. The molecule has 0 saturated carbocycles. The van der Waals surface area contributed by atoms with Crippen LogP contribution in [0.25, 0.3) is 21.5 Å². The van der Waals surface area contributed by atoms with E-state index in [0.717, 1.165) is 39.2 Å². The second-order valence-corrected chi connectivity index (χ2v) is 7.40. The maximum Gasteiger partial charge on any atom is 0.240 e. The van der Waals surface area contributed by atoms with Gasteiger partial charge in [0.05, 0.1) is 6.42 Å². The van der Waals surface area contributed by atoms with Gasteiger partial charge in [-0.05, 0) is 45.3 Å². The number of carbonyl (C=O) groups is 2. The molecule has 1 atom stereocenters. The van der Waals surface area contributed by atoms with Crippen molar-refractivity contribution in [3.05, 3.63) is 95.6 Å². The highest BCUT2D eigenvalue weighted by molar-refractivity contribution is 6.03. The Morgan fingerprint density at radius 2 is 1.35 bits per heavy atom.